The molecule has 0 bridgehead atoms. The van der Waals surface area contributed by atoms with E-state index < -0.39 is 0 Å². The zero-order valence-corrected chi connectivity index (χ0v) is 14.6. The summed E-state index contributed by atoms with van der Waals surface area (Å²) in [5.41, 5.74) is 2.55. The van der Waals surface area contributed by atoms with Crippen LogP contribution < -0.4 is 14.0 Å². The lowest BCUT2D eigenvalue weighted by Crippen LogP contribution is -2.38. The zero-order chi connectivity index (χ0) is 16.9. The Morgan fingerprint density at radius 3 is 2.46 bits per heavy atom. The van der Waals surface area contributed by atoms with Crippen LogP contribution in [0.3, 0.4) is 0 Å². The summed E-state index contributed by atoms with van der Waals surface area (Å²) in [4.78, 5) is 0. The van der Waals surface area contributed by atoms with Gasteiger partial charge >= 0.3 is 0 Å². The molecule has 0 aliphatic rings. The summed E-state index contributed by atoms with van der Waals surface area (Å²) in [6, 6.07) is 16.9. The molecule has 2 aromatic carbocycles. The van der Waals surface area contributed by atoms with Gasteiger partial charge in [0.2, 0.25) is 0 Å². The summed E-state index contributed by atoms with van der Waals surface area (Å²) in [5, 5.41) is 2.59. The topological polar surface area (TPSA) is 22.3 Å². The molecule has 0 spiro atoms. The Kier molecular flexibility index (Phi) is 4.99. The van der Waals surface area contributed by atoms with Gasteiger partial charge in [0.25, 0.3) is 0 Å². The first-order valence-corrected chi connectivity index (χ1v) is 8.37. The molecule has 1 aromatic heterocycles. The van der Waals surface area contributed by atoms with Crippen molar-refractivity contribution in [1.29, 1.82) is 0 Å². The van der Waals surface area contributed by atoms with Crippen molar-refractivity contribution >= 4 is 10.8 Å². The highest BCUT2D eigenvalue weighted by Gasteiger charge is 2.16. The van der Waals surface area contributed by atoms with Crippen LogP contribution >= 0.6 is 0 Å². The molecular formula is C21H24NO2+. The summed E-state index contributed by atoms with van der Waals surface area (Å²) in [6.45, 7) is 3.23. The molecule has 0 aliphatic carbocycles. The van der Waals surface area contributed by atoms with Gasteiger partial charge in [0, 0.05) is 17.9 Å². The summed E-state index contributed by atoms with van der Waals surface area (Å²) >= 11 is 0. The molecule has 124 valence electrons. The van der Waals surface area contributed by atoms with Gasteiger partial charge < -0.3 is 9.47 Å². The summed E-state index contributed by atoms with van der Waals surface area (Å²) in [5.74, 6) is 1.54. The maximum atomic E-state index is 5.45. The van der Waals surface area contributed by atoms with Gasteiger partial charge in [-0.05, 0) is 29.1 Å². The van der Waals surface area contributed by atoms with Crippen molar-refractivity contribution in [1.82, 2.24) is 0 Å². The molecule has 1 heterocycles. The number of benzene rings is 2. The fourth-order valence-corrected chi connectivity index (χ4v) is 3.15. The van der Waals surface area contributed by atoms with E-state index >= 15 is 0 Å². The highest BCUT2D eigenvalue weighted by molar-refractivity contribution is 5.83. The number of methoxy groups -OCH3 is 2. The van der Waals surface area contributed by atoms with Gasteiger partial charge in [0.05, 0.1) is 20.6 Å². The molecule has 0 aliphatic heterocycles. The number of aryl methyl sites for hydroxylation is 1. The van der Waals surface area contributed by atoms with Crippen molar-refractivity contribution in [3.63, 3.8) is 0 Å². The van der Waals surface area contributed by atoms with Crippen molar-refractivity contribution in [3.8, 4) is 11.5 Å². The van der Waals surface area contributed by atoms with Gasteiger partial charge in [-0.15, -0.1) is 0 Å². The second-order valence-electron chi connectivity index (χ2n) is 5.91. The van der Waals surface area contributed by atoms with Crippen LogP contribution in [0.25, 0.3) is 10.8 Å². The first-order valence-electron chi connectivity index (χ1n) is 8.37. The molecule has 0 atom stereocenters. The normalized spacial score (nSPS) is 10.8. The number of fused-ring (bicyclic) bond motifs is 1. The second-order valence-corrected chi connectivity index (χ2v) is 5.91. The van der Waals surface area contributed by atoms with E-state index in [0.29, 0.717) is 0 Å². The third-order valence-corrected chi connectivity index (χ3v) is 4.34. The van der Waals surface area contributed by atoms with Crippen LogP contribution in [0.5, 0.6) is 11.5 Å². The SMILES string of the molecule is CCC[n+]1ccc2ccccc2c1Cc1ccc(OC)c(OC)c1. The summed E-state index contributed by atoms with van der Waals surface area (Å²) in [6.07, 6.45) is 4.17. The fraction of sp³-hybridized carbons (Fsp3) is 0.286. The maximum absolute atomic E-state index is 5.45. The number of pyridine rings is 1. The molecule has 0 unspecified atom stereocenters. The highest BCUT2D eigenvalue weighted by atomic mass is 16.5. The quantitative estimate of drug-likeness (QED) is 0.636. The van der Waals surface area contributed by atoms with Crippen LogP contribution in [0.15, 0.2) is 54.7 Å². The van der Waals surface area contributed by atoms with E-state index in [2.05, 4.69) is 60.2 Å². The van der Waals surface area contributed by atoms with Gasteiger partial charge in [0.15, 0.2) is 23.4 Å². The molecule has 3 heteroatoms. The number of hydrogen-bond acceptors (Lipinski definition) is 2. The second kappa shape index (κ2) is 7.35. The van der Waals surface area contributed by atoms with Gasteiger partial charge in [-0.25, -0.2) is 4.57 Å². The predicted octanol–water partition coefficient (Wildman–Crippen LogP) is 4.15. The zero-order valence-electron chi connectivity index (χ0n) is 14.6. The molecule has 0 amide bonds. The van der Waals surface area contributed by atoms with Crippen molar-refractivity contribution in [2.24, 2.45) is 0 Å². The van der Waals surface area contributed by atoms with Gasteiger partial charge in [-0.3, -0.25) is 0 Å². The molecule has 24 heavy (non-hydrogen) atoms. The standard InChI is InChI=1S/C21H24NO2/c1-4-12-22-13-11-17-7-5-6-8-18(17)19(22)14-16-9-10-20(23-2)21(15-16)24-3/h5-11,13,15H,4,12,14H2,1-3H3/q+1. The Bertz CT molecular complexity index is 842. The van der Waals surface area contributed by atoms with Gasteiger partial charge in [-0.2, -0.15) is 0 Å². The van der Waals surface area contributed by atoms with Crippen molar-refractivity contribution < 1.29 is 14.0 Å². The molecular weight excluding hydrogens is 298 g/mol. The van der Waals surface area contributed by atoms with E-state index in [0.717, 1.165) is 30.9 Å². The van der Waals surface area contributed by atoms with Crippen molar-refractivity contribution in [3.05, 3.63) is 66.0 Å². The first-order chi connectivity index (χ1) is 11.8. The Morgan fingerprint density at radius 2 is 1.71 bits per heavy atom. The molecule has 3 rings (SSSR count). The smallest absolute Gasteiger partial charge is 0.193 e. The third-order valence-electron chi connectivity index (χ3n) is 4.34. The molecule has 0 radical (unpaired) electrons. The number of rotatable bonds is 6. The number of ether oxygens (including phenoxy) is 2. The Morgan fingerprint density at radius 1 is 0.917 bits per heavy atom. The summed E-state index contributed by atoms with van der Waals surface area (Å²) < 4.78 is 13.2. The van der Waals surface area contributed by atoms with E-state index in [4.69, 9.17) is 9.47 Å². The minimum absolute atomic E-state index is 0.764. The fourth-order valence-electron chi connectivity index (χ4n) is 3.15. The number of nitrogens with zero attached hydrogens (tertiary/aromatic N) is 1. The highest BCUT2D eigenvalue weighted by Crippen LogP contribution is 2.29. The average Bonchev–Trinajstić information content (AvgIpc) is 2.63. The van der Waals surface area contributed by atoms with Crippen LogP contribution in [0.4, 0.5) is 0 Å². The van der Waals surface area contributed by atoms with Crippen LogP contribution in [0, 0.1) is 0 Å². The lowest BCUT2D eigenvalue weighted by atomic mass is 10.0. The lowest BCUT2D eigenvalue weighted by Gasteiger charge is -2.11. The molecule has 3 aromatic rings. The van der Waals surface area contributed by atoms with Gasteiger partial charge in [-0.1, -0.05) is 31.2 Å². The molecule has 3 nitrogen and oxygen atoms in total. The predicted molar refractivity (Wildman–Crippen MR) is 96.8 cm³/mol. The van der Waals surface area contributed by atoms with E-state index in [9.17, 15) is 0 Å². The monoisotopic (exact) mass is 322 g/mol. The van der Waals surface area contributed by atoms with Crippen molar-refractivity contribution in [2.45, 2.75) is 26.3 Å². The largest absolute Gasteiger partial charge is 0.493 e. The van der Waals surface area contributed by atoms with Crippen LogP contribution in [0.2, 0.25) is 0 Å². The van der Waals surface area contributed by atoms with E-state index in [1.165, 1.54) is 22.0 Å². The number of hydrogen-bond donors (Lipinski definition) is 0. The summed E-state index contributed by atoms with van der Waals surface area (Å²) in [7, 11) is 3.34. The van der Waals surface area contributed by atoms with E-state index in [1.54, 1.807) is 14.2 Å². The lowest BCUT2D eigenvalue weighted by molar-refractivity contribution is -0.702. The van der Waals surface area contributed by atoms with Crippen LogP contribution in [0.1, 0.15) is 24.6 Å². The maximum Gasteiger partial charge on any atom is 0.193 e. The molecule has 0 fully saturated rings. The van der Waals surface area contributed by atoms with Crippen LogP contribution in [-0.4, -0.2) is 14.2 Å². The van der Waals surface area contributed by atoms with E-state index in [-0.39, 0.29) is 0 Å². The first kappa shape index (κ1) is 16.3. The molecule has 0 saturated heterocycles. The molecule has 0 saturated carbocycles. The minimum atomic E-state index is 0.764. The van der Waals surface area contributed by atoms with E-state index in [1.807, 2.05) is 6.07 Å². The Balaban J connectivity index is 2.07. The van der Waals surface area contributed by atoms with Crippen LogP contribution in [-0.2, 0) is 13.0 Å². The minimum Gasteiger partial charge on any atom is -0.493 e. The number of aromatic nitrogens is 1. The molecule has 0 N–H and O–H groups in total. The van der Waals surface area contributed by atoms with Crippen molar-refractivity contribution in [2.75, 3.05) is 14.2 Å². The Labute approximate surface area is 143 Å². The average molecular weight is 322 g/mol. The van der Waals surface area contributed by atoms with Gasteiger partial charge in [0.1, 0.15) is 6.54 Å². The third kappa shape index (κ3) is 3.21. The Hall–Kier alpha value is -2.55.